The minimum Gasteiger partial charge on any atom is -0.421 e. The van der Waals surface area contributed by atoms with Gasteiger partial charge in [-0.1, -0.05) is 12.1 Å². The lowest BCUT2D eigenvalue weighted by Gasteiger charge is -2.20. The minimum atomic E-state index is -0.602. The first-order chi connectivity index (χ1) is 13.5. The van der Waals surface area contributed by atoms with Crippen molar-refractivity contribution in [3.63, 3.8) is 0 Å². The average molecular weight is 384 g/mol. The Balaban J connectivity index is 1.45. The van der Waals surface area contributed by atoms with Crippen molar-refractivity contribution in [2.75, 3.05) is 18.0 Å². The van der Waals surface area contributed by atoms with Crippen molar-refractivity contribution >= 4 is 11.6 Å². The number of para-hydroxylation sites is 1. The third-order valence-electron chi connectivity index (χ3n) is 4.67. The first-order valence-corrected chi connectivity index (χ1v) is 8.91. The molecule has 1 unspecified atom stereocenters. The number of carbonyl (C=O) groups excluding carboxylic acids is 1. The van der Waals surface area contributed by atoms with Gasteiger partial charge in [0.05, 0.1) is 0 Å². The molecule has 0 bridgehead atoms. The van der Waals surface area contributed by atoms with E-state index in [1.165, 1.54) is 18.2 Å². The van der Waals surface area contributed by atoms with Crippen molar-refractivity contribution in [1.29, 1.82) is 0 Å². The summed E-state index contributed by atoms with van der Waals surface area (Å²) in [4.78, 5) is 14.2. The van der Waals surface area contributed by atoms with Gasteiger partial charge >= 0.3 is 0 Å². The van der Waals surface area contributed by atoms with E-state index in [2.05, 4.69) is 15.5 Å². The SMILES string of the molecule is Cc1nnc(-c2cccc(C(=O)NC3CCN(c4c(F)cccc4F)C3)c2)o1. The van der Waals surface area contributed by atoms with E-state index in [4.69, 9.17) is 4.42 Å². The van der Waals surface area contributed by atoms with E-state index in [-0.39, 0.29) is 17.6 Å². The molecule has 144 valence electrons. The van der Waals surface area contributed by atoms with Gasteiger partial charge < -0.3 is 14.6 Å². The fourth-order valence-electron chi connectivity index (χ4n) is 3.35. The van der Waals surface area contributed by atoms with Crippen molar-refractivity contribution in [2.45, 2.75) is 19.4 Å². The quantitative estimate of drug-likeness (QED) is 0.747. The van der Waals surface area contributed by atoms with E-state index in [1.807, 2.05) is 0 Å². The lowest BCUT2D eigenvalue weighted by atomic mass is 10.1. The van der Waals surface area contributed by atoms with Crippen molar-refractivity contribution in [2.24, 2.45) is 0 Å². The summed E-state index contributed by atoms with van der Waals surface area (Å²) in [5.41, 5.74) is 1.05. The highest BCUT2D eigenvalue weighted by atomic mass is 19.1. The van der Waals surface area contributed by atoms with Crippen molar-refractivity contribution in [3.05, 3.63) is 65.6 Å². The lowest BCUT2D eigenvalue weighted by molar-refractivity contribution is 0.0940. The van der Waals surface area contributed by atoms with Crippen LogP contribution in [-0.4, -0.2) is 35.2 Å². The van der Waals surface area contributed by atoms with E-state index in [9.17, 15) is 13.6 Å². The Bertz CT molecular complexity index is 1000. The Morgan fingerprint density at radius 2 is 1.93 bits per heavy atom. The van der Waals surface area contributed by atoms with Gasteiger partial charge in [-0.3, -0.25) is 4.79 Å². The standard InChI is InChI=1S/C20H18F2N4O2/c1-12-24-25-20(28-12)14-5-2-4-13(10-14)19(27)23-15-8-9-26(11-15)18-16(21)6-3-7-17(18)22/h2-7,10,15H,8-9,11H2,1H3,(H,23,27). The Morgan fingerprint density at radius 1 is 1.18 bits per heavy atom. The number of hydrogen-bond acceptors (Lipinski definition) is 5. The van der Waals surface area contributed by atoms with Crippen LogP contribution in [0.15, 0.2) is 46.9 Å². The van der Waals surface area contributed by atoms with Crippen LogP contribution in [0.4, 0.5) is 14.5 Å². The molecule has 6 nitrogen and oxygen atoms in total. The fraction of sp³-hybridized carbons (Fsp3) is 0.250. The highest BCUT2D eigenvalue weighted by Gasteiger charge is 2.28. The Hall–Kier alpha value is -3.29. The molecule has 1 saturated heterocycles. The van der Waals surface area contributed by atoms with Gasteiger partial charge in [0.25, 0.3) is 5.91 Å². The summed E-state index contributed by atoms with van der Waals surface area (Å²) in [6, 6.07) is 10.5. The van der Waals surface area contributed by atoms with Gasteiger partial charge in [-0.05, 0) is 36.8 Å². The second kappa shape index (κ2) is 7.38. The molecule has 0 spiro atoms. The van der Waals surface area contributed by atoms with Crippen molar-refractivity contribution in [3.8, 4) is 11.5 Å². The highest BCUT2D eigenvalue weighted by molar-refractivity contribution is 5.95. The van der Waals surface area contributed by atoms with Crippen LogP contribution >= 0.6 is 0 Å². The zero-order valence-electron chi connectivity index (χ0n) is 15.2. The first kappa shape index (κ1) is 18.1. The number of aryl methyl sites for hydroxylation is 1. The molecule has 2 heterocycles. The summed E-state index contributed by atoms with van der Waals surface area (Å²) in [7, 11) is 0. The number of nitrogens with zero attached hydrogens (tertiary/aromatic N) is 3. The van der Waals surface area contributed by atoms with Gasteiger partial charge in [-0.25, -0.2) is 8.78 Å². The van der Waals surface area contributed by atoms with E-state index in [0.29, 0.717) is 42.4 Å². The summed E-state index contributed by atoms with van der Waals surface area (Å²) in [5.74, 6) is -0.687. The van der Waals surface area contributed by atoms with E-state index in [1.54, 1.807) is 36.1 Å². The van der Waals surface area contributed by atoms with E-state index < -0.39 is 11.6 Å². The molecule has 1 aromatic heterocycles. The number of hydrogen-bond donors (Lipinski definition) is 1. The van der Waals surface area contributed by atoms with Gasteiger partial charge in [0, 0.05) is 37.2 Å². The summed E-state index contributed by atoms with van der Waals surface area (Å²) < 4.78 is 33.3. The molecule has 2 aromatic carbocycles. The van der Waals surface area contributed by atoms with Gasteiger partial charge in [-0.15, -0.1) is 10.2 Å². The van der Waals surface area contributed by atoms with Crippen LogP contribution in [0.25, 0.3) is 11.5 Å². The normalized spacial score (nSPS) is 16.4. The van der Waals surface area contributed by atoms with Gasteiger partial charge in [0.1, 0.15) is 17.3 Å². The van der Waals surface area contributed by atoms with Crippen LogP contribution in [0, 0.1) is 18.6 Å². The van der Waals surface area contributed by atoms with Crippen molar-refractivity contribution < 1.29 is 18.0 Å². The second-order valence-electron chi connectivity index (χ2n) is 6.68. The largest absolute Gasteiger partial charge is 0.421 e. The van der Waals surface area contributed by atoms with Crippen LogP contribution in [0.3, 0.4) is 0 Å². The predicted molar refractivity (Wildman–Crippen MR) is 98.9 cm³/mol. The number of aromatic nitrogens is 2. The molecular formula is C20H18F2N4O2. The van der Waals surface area contributed by atoms with Crippen molar-refractivity contribution in [1.82, 2.24) is 15.5 Å². The summed E-state index contributed by atoms with van der Waals surface area (Å²) in [5, 5.41) is 10.7. The monoisotopic (exact) mass is 384 g/mol. The van der Waals surface area contributed by atoms with Crippen LogP contribution < -0.4 is 10.2 Å². The first-order valence-electron chi connectivity index (χ1n) is 8.91. The molecule has 1 atom stereocenters. The summed E-state index contributed by atoms with van der Waals surface area (Å²) in [6.45, 7) is 2.49. The minimum absolute atomic E-state index is 0.0481. The molecule has 0 aliphatic carbocycles. The number of anilines is 1. The molecule has 1 aliphatic rings. The van der Waals surface area contributed by atoms with Crippen LogP contribution in [-0.2, 0) is 0 Å². The highest BCUT2D eigenvalue weighted by Crippen LogP contribution is 2.27. The molecule has 1 fully saturated rings. The molecule has 0 radical (unpaired) electrons. The Labute approximate surface area is 160 Å². The zero-order chi connectivity index (χ0) is 19.7. The second-order valence-corrected chi connectivity index (χ2v) is 6.68. The number of benzene rings is 2. The number of amides is 1. The van der Waals surface area contributed by atoms with E-state index >= 15 is 0 Å². The maximum absolute atomic E-state index is 14.0. The van der Waals surface area contributed by atoms with E-state index in [0.717, 1.165) is 0 Å². The fourth-order valence-corrected chi connectivity index (χ4v) is 3.35. The summed E-state index contributed by atoms with van der Waals surface area (Å²) in [6.07, 6.45) is 0.599. The Kier molecular flexibility index (Phi) is 4.77. The van der Waals surface area contributed by atoms with Crippen LogP contribution in [0.2, 0.25) is 0 Å². The Morgan fingerprint density at radius 3 is 2.64 bits per heavy atom. The molecule has 8 heteroatoms. The van der Waals surface area contributed by atoms with Gasteiger partial charge in [0.2, 0.25) is 11.8 Å². The molecule has 1 N–H and O–H groups in total. The number of nitrogens with one attached hydrogen (secondary N) is 1. The molecule has 4 rings (SSSR count). The molecule has 3 aromatic rings. The van der Waals surface area contributed by atoms with Crippen LogP contribution in [0.1, 0.15) is 22.7 Å². The predicted octanol–water partition coefficient (Wildman–Crippen LogP) is 3.33. The lowest BCUT2D eigenvalue weighted by Crippen LogP contribution is -2.37. The zero-order valence-corrected chi connectivity index (χ0v) is 15.2. The number of halogens is 2. The molecule has 0 saturated carbocycles. The maximum Gasteiger partial charge on any atom is 0.251 e. The molecule has 28 heavy (non-hydrogen) atoms. The number of rotatable bonds is 4. The molecular weight excluding hydrogens is 366 g/mol. The molecule has 1 aliphatic heterocycles. The van der Waals surface area contributed by atoms with Gasteiger partial charge in [-0.2, -0.15) is 0 Å². The third kappa shape index (κ3) is 3.58. The number of carbonyl (C=O) groups is 1. The maximum atomic E-state index is 14.0. The van der Waals surface area contributed by atoms with Crippen LogP contribution in [0.5, 0.6) is 0 Å². The molecule has 1 amide bonds. The van der Waals surface area contributed by atoms with Gasteiger partial charge in [0.15, 0.2) is 0 Å². The average Bonchev–Trinajstić information content (AvgIpc) is 3.31. The summed E-state index contributed by atoms with van der Waals surface area (Å²) >= 11 is 0. The smallest absolute Gasteiger partial charge is 0.251 e. The third-order valence-corrected chi connectivity index (χ3v) is 4.67. The topological polar surface area (TPSA) is 71.3 Å².